The molecule has 3 atom stereocenters. The number of amides is 1. The van der Waals surface area contributed by atoms with Gasteiger partial charge in [-0.1, -0.05) is 51.1 Å². The maximum Gasteiger partial charge on any atom is 0.305 e. The van der Waals surface area contributed by atoms with E-state index in [4.69, 9.17) is 14.6 Å². The molecule has 0 aromatic heterocycles. The first kappa shape index (κ1) is 26.1. The lowest BCUT2D eigenvalue weighted by atomic mass is 9.87. The summed E-state index contributed by atoms with van der Waals surface area (Å²) in [5, 5.41) is 15.0. The first-order valence-electron chi connectivity index (χ1n) is 12.7. The highest BCUT2D eigenvalue weighted by atomic mass is 16.5. The van der Waals surface area contributed by atoms with Gasteiger partial charge in [0.25, 0.3) is 5.91 Å². The van der Waals surface area contributed by atoms with Crippen LogP contribution >= 0.6 is 0 Å². The Balaban J connectivity index is 1.40. The van der Waals surface area contributed by atoms with E-state index in [1.54, 1.807) is 12.1 Å². The van der Waals surface area contributed by atoms with Gasteiger partial charge in [-0.15, -0.1) is 0 Å². The van der Waals surface area contributed by atoms with Crippen molar-refractivity contribution in [2.75, 3.05) is 11.9 Å². The van der Waals surface area contributed by atoms with Crippen LogP contribution in [0.15, 0.2) is 72.8 Å². The van der Waals surface area contributed by atoms with Crippen LogP contribution in [-0.2, 0) is 11.4 Å². The van der Waals surface area contributed by atoms with E-state index in [9.17, 15) is 9.59 Å². The lowest BCUT2D eigenvalue weighted by Gasteiger charge is -2.31. The summed E-state index contributed by atoms with van der Waals surface area (Å²) >= 11 is 0. The van der Waals surface area contributed by atoms with Crippen molar-refractivity contribution in [1.82, 2.24) is 5.32 Å². The summed E-state index contributed by atoms with van der Waals surface area (Å²) in [6.07, 6.45) is -0.178. The van der Waals surface area contributed by atoms with Crippen LogP contribution in [0, 0.1) is 5.92 Å². The highest BCUT2D eigenvalue weighted by molar-refractivity contribution is 5.94. The van der Waals surface area contributed by atoms with Gasteiger partial charge in [-0.25, -0.2) is 0 Å². The predicted octanol–water partition coefficient (Wildman–Crippen LogP) is 5.47. The molecule has 7 nitrogen and oxygen atoms in total. The zero-order valence-electron chi connectivity index (χ0n) is 21.4. The first-order valence-corrected chi connectivity index (χ1v) is 12.7. The second-order valence-electron chi connectivity index (χ2n) is 9.74. The summed E-state index contributed by atoms with van der Waals surface area (Å²) in [6, 6.07) is 23.4. The number of hydrogen-bond acceptors (Lipinski definition) is 5. The summed E-state index contributed by atoms with van der Waals surface area (Å²) in [5.74, 6) is 0.919. The minimum atomic E-state index is -0.943. The summed E-state index contributed by atoms with van der Waals surface area (Å²) in [5.41, 5.74) is 3.63. The quantitative estimate of drug-likeness (QED) is 0.322. The fraction of sp³-hybridized carbons (Fsp3) is 0.333. The number of carbonyl (C=O) groups excluding carboxylic acids is 1. The molecule has 0 bridgehead atoms. The molecule has 4 rings (SSSR count). The molecule has 1 aliphatic rings. The number of rotatable bonds is 11. The zero-order valence-corrected chi connectivity index (χ0v) is 21.4. The largest absolute Gasteiger partial charge is 0.489 e. The van der Waals surface area contributed by atoms with Gasteiger partial charge in [-0.05, 0) is 53.9 Å². The number of anilines is 1. The molecular weight excluding hydrogens is 468 g/mol. The topological polar surface area (TPSA) is 96.9 Å². The molecule has 7 heteroatoms. The Labute approximate surface area is 217 Å². The number of aliphatic carboxylic acids is 1. The van der Waals surface area contributed by atoms with Gasteiger partial charge in [0.05, 0.1) is 12.5 Å². The van der Waals surface area contributed by atoms with Crippen LogP contribution in [0.4, 0.5) is 5.69 Å². The monoisotopic (exact) mass is 502 g/mol. The van der Waals surface area contributed by atoms with Crippen molar-refractivity contribution in [1.29, 1.82) is 0 Å². The molecule has 0 radical (unpaired) electrons. The maximum absolute atomic E-state index is 12.2. The number of carbonyl (C=O) groups is 2. The zero-order chi connectivity index (χ0) is 26.4. The Morgan fingerprint density at radius 1 is 1.03 bits per heavy atom. The molecule has 0 spiro atoms. The SMILES string of the molecule is CC(C)C(Nc1ccc(C(=O)NCCC(=O)O)cc1)C1Oc2ccc(OCc3ccccc3)cc2C1C. The average Bonchev–Trinajstić information content (AvgIpc) is 3.21. The Kier molecular flexibility index (Phi) is 8.33. The maximum atomic E-state index is 12.2. The molecule has 1 amide bonds. The highest BCUT2D eigenvalue weighted by Gasteiger charge is 2.38. The van der Waals surface area contributed by atoms with Crippen molar-refractivity contribution < 1.29 is 24.2 Å². The van der Waals surface area contributed by atoms with E-state index in [1.807, 2.05) is 54.6 Å². The van der Waals surface area contributed by atoms with Crippen LogP contribution in [0.3, 0.4) is 0 Å². The number of carboxylic acids is 1. The fourth-order valence-electron chi connectivity index (χ4n) is 4.55. The minimum Gasteiger partial charge on any atom is -0.489 e. The van der Waals surface area contributed by atoms with E-state index in [0.717, 1.165) is 28.3 Å². The summed E-state index contributed by atoms with van der Waals surface area (Å²) in [4.78, 5) is 22.9. The summed E-state index contributed by atoms with van der Waals surface area (Å²) in [6.45, 7) is 7.12. The normalized spacial score (nSPS) is 17.0. The van der Waals surface area contributed by atoms with Gasteiger partial charge in [0.1, 0.15) is 24.2 Å². The molecule has 0 fully saturated rings. The number of hydrogen-bond donors (Lipinski definition) is 3. The van der Waals surface area contributed by atoms with Crippen LogP contribution in [0.25, 0.3) is 0 Å². The van der Waals surface area contributed by atoms with Crippen molar-refractivity contribution in [2.45, 2.75) is 51.9 Å². The van der Waals surface area contributed by atoms with Crippen LogP contribution < -0.4 is 20.1 Å². The number of benzene rings is 3. The minimum absolute atomic E-state index is 0.0336. The van der Waals surface area contributed by atoms with Gasteiger partial charge < -0.3 is 25.2 Å². The standard InChI is InChI=1S/C30H34N2O5/c1-19(2)28(32-23-11-9-22(10-12-23)30(35)31-16-15-27(33)34)29-20(3)25-17-24(13-14-26(25)37-29)36-18-21-7-5-4-6-8-21/h4-14,17,19-20,28-29,32H,15-16,18H2,1-3H3,(H,31,35)(H,33,34). The smallest absolute Gasteiger partial charge is 0.305 e. The van der Waals surface area contributed by atoms with E-state index in [1.165, 1.54) is 0 Å². The van der Waals surface area contributed by atoms with Crippen molar-refractivity contribution in [2.24, 2.45) is 5.92 Å². The van der Waals surface area contributed by atoms with Gasteiger partial charge in [0, 0.05) is 29.3 Å². The molecule has 3 aromatic carbocycles. The van der Waals surface area contributed by atoms with Crippen molar-refractivity contribution in [3.05, 3.63) is 89.5 Å². The third kappa shape index (κ3) is 6.61. The number of carboxylic acid groups (broad SMARTS) is 1. The molecule has 1 heterocycles. The Morgan fingerprint density at radius 2 is 1.76 bits per heavy atom. The van der Waals surface area contributed by atoms with Gasteiger partial charge in [-0.2, -0.15) is 0 Å². The van der Waals surface area contributed by atoms with Crippen LogP contribution in [0.5, 0.6) is 11.5 Å². The number of nitrogens with one attached hydrogen (secondary N) is 2. The van der Waals surface area contributed by atoms with Gasteiger partial charge in [0.15, 0.2) is 0 Å². The highest BCUT2D eigenvalue weighted by Crippen LogP contribution is 2.42. The third-order valence-corrected chi connectivity index (χ3v) is 6.65. The second-order valence-corrected chi connectivity index (χ2v) is 9.74. The van der Waals surface area contributed by atoms with E-state index in [2.05, 4.69) is 37.5 Å². The van der Waals surface area contributed by atoms with Crippen molar-refractivity contribution in [3.63, 3.8) is 0 Å². The average molecular weight is 503 g/mol. The molecule has 3 unspecified atom stereocenters. The summed E-state index contributed by atoms with van der Waals surface area (Å²) in [7, 11) is 0. The summed E-state index contributed by atoms with van der Waals surface area (Å²) < 4.78 is 12.5. The fourth-order valence-corrected chi connectivity index (χ4v) is 4.55. The Bertz CT molecular complexity index is 1210. The molecular formula is C30H34N2O5. The van der Waals surface area contributed by atoms with Gasteiger partial charge in [-0.3, -0.25) is 9.59 Å². The van der Waals surface area contributed by atoms with E-state index < -0.39 is 5.97 Å². The second kappa shape index (κ2) is 11.8. The van der Waals surface area contributed by atoms with Gasteiger partial charge in [0.2, 0.25) is 0 Å². The Hall–Kier alpha value is -4.00. The molecule has 3 N–H and O–H groups in total. The third-order valence-electron chi connectivity index (χ3n) is 6.65. The van der Waals surface area contributed by atoms with Crippen molar-refractivity contribution >= 4 is 17.6 Å². The number of fused-ring (bicyclic) bond motifs is 1. The molecule has 0 saturated carbocycles. The van der Waals surface area contributed by atoms with E-state index >= 15 is 0 Å². The molecule has 0 saturated heterocycles. The molecule has 194 valence electrons. The van der Waals surface area contributed by atoms with E-state index in [-0.39, 0.29) is 42.9 Å². The lowest BCUT2D eigenvalue weighted by Crippen LogP contribution is -2.42. The first-order chi connectivity index (χ1) is 17.8. The van der Waals surface area contributed by atoms with Crippen LogP contribution in [0.1, 0.15) is 54.6 Å². The lowest BCUT2D eigenvalue weighted by molar-refractivity contribution is -0.136. The Morgan fingerprint density at radius 3 is 2.43 bits per heavy atom. The number of ether oxygens (including phenoxy) is 2. The van der Waals surface area contributed by atoms with Gasteiger partial charge >= 0.3 is 5.97 Å². The molecule has 1 aliphatic heterocycles. The van der Waals surface area contributed by atoms with Crippen LogP contribution in [-0.4, -0.2) is 35.7 Å². The van der Waals surface area contributed by atoms with E-state index in [0.29, 0.717) is 12.2 Å². The molecule has 3 aromatic rings. The predicted molar refractivity (Wildman–Crippen MR) is 143 cm³/mol. The van der Waals surface area contributed by atoms with Crippen molar-refractivity contribution in [3.8, 4) is 11.5 Å². The molecule has 0 aliphatic carbocycles. The molecule has 37 heavy (non-hydrogen) atoms. The van der Waals surface area contributed by atoms with Crippen LogP contribution in [0.2, 0.25) is 0 Å².